The van der Waals surface area contributed by atoms with Crippen LogP contribution in [0.3, 0.4) is 0 Å². The van der Waals surface area contributed by atoms with Crippen LogP contribution in [0, 0.1) is 0 Å². The molecule has 0 saturated carbocycles. The molecule has 0 amide bonds. The van der Waals surface area contributed by atoms with Gasteiger partial charge in [0.25, 0.3) is 0 Å². The van der Waals surface area contributed by atoms with Gasteiger partial charge in [-0.05, 0) is 27.4 Å². The van der Waals surface area contributed by atoms with E-state index in [2.05, 4.69) is 6.92 Å². The van der Waals surface area contributed by atoms with Crippen molar-refractivity contribution < 1.29 is 28.0 Å². The first-order valence-electron chi connectivity index (χ1n) is 13.4. The van der Waals surface area contributed by atoms with Gasteiger partial charge in [0, 0.05) is 19.8 Å². The molecule has 2 atom stereocenters. The summed E-state index contributed by atoms with van der Waals surface area (Å²) in [5.41, 5.74) is 0. The molecule has 8 heteroatoms. The van der Waals surface area contributed by atoms with Gasteiger partial charge in [-0.3, -0.25) is 9.05 Å². The molecular weight excluding hydrogens is 441 g/mol. The highest BCUT2D eigenvalue weighted by Crippen LogP contribution is 2.43. The van der Waals surface area contributed by atoms with Crippen LogP contribution >= 0.6 is 7.82 Å². The number of hydrogen-bond acceptors (Lipinski definition) is 6. The monoisotopic (exact) mass is 495 g/mol. The van der Waals surface area contributed by atoms with Gasteiger partial charge in [0.1, 0.15) is 6.10 Å². The van der Waals surface area contributed by atoms with Crippen LogP contribution in [0.5, 0.6) is 0 Å². The number of hydrogen-bond donors (Lipinski definition) is 1. The van der Waals surface area contributed by atoms with Crippen molar-refractivity contribution in [1.29, 1.82) is 0 Å². The van der Waals surface area contributed by atoms with Gasteiger partial charge in [0.05, 0.1) is 19.8 Å². The molecule has 0 rings (SSSR count). The van der Waals surface area contributed by atoms with Crippen molar-refractivity contribution >= 4 is 7.82 Å². The fourth-order valence-corrected chi connectivity index (χ4v) is 4.29. The predicted molar refractivity (Wildman–Crippen MR) is 137 cm³/mol. The van der Waals surface area contributed by atoms with Crippen LogP contribution < -0.4 is 0 Å². The minimum Gasteiger partial charge on any atom is -0.379 e. The summed E-state index contributed by atoms with van der Waals surface area (Å²) < 4.78 is 33.2. The highest BCUT2D eigenvalue weighted by Gasteiger charge is 2.23. The number of rotatable bonds is 26. The van der Waals surface area contributed by atoms with Gasteiger partial charge in [-0.25, -0.2) is 4.57 Å². The molecule has 0 spiro atoms. The summed E-state index contributed by atoms with van der Waals surface area (Å²) in [6.45, 7) is 6.33. The number of ether oxygens (including phenoxy) is 2. The summed E-state index contributed by atoms with van der Waals surface area (Å²) in [5, 5.41) is 0. The van der Waals surface area contributed by atoms with Crippen molar-refractivity contribution in [2.45, 2.75) is 110 Å². The largest absolute Gasteiger partial charge is 0.472 e. The topological polar surface area (TPSA) is 77.5 Å². The maximum absolute atomic E-state index is 11.9. The van der Waals surface area contributed by atoms with Crippen LogP contribution in [0.1, 0.15) is 104 Å². The number of likely N-dealkylation sites (N-methyl/N-ethyl adjacent to an activating group) is 1. The lowest BCUT2D eigenvalue weighted by Crippen LogP contribution is -2.26. The molecule has 0 fully saturated rings. The van der Waals surface area contributed by atoms with Crippen molar-refractivity contribution in [3.63, 3.8) is 0 Å². The normalized spacial score (nSPS) is 14.6. The van der Waals surface area contributed by atoms with Crippen molar-refractivity contribution in [3.05, 3.63) is 0 Å². The molecule has 0 aromatic heterocycles. The molecule has 0 bridgehead atoms. The van der Waals surface area contributed by atoms with Gasteiger partial charge in [-0.1, -0.05) is 90.4 Å². The Morgan fingerprint density at radius 3 is 1.73 bits per heavy atom. The van der Waals surface area contributed by atoms with E-state index in [-0.39, 0.29) is 19.3 Å². The third kappa shape index (κ3) is 24.9. The van der Waals surface area contributed by atoms with E-state index in [0.29, 0.717) is 26.4 Å². The Labute approximate surface area is 204 Å². The predicted octanol–water partition coefficient (Wildman–Crippen LogP) is 6.58. The first-order valence-corrected chi connectivity index (χ1v) is 14.9. The zero-order chi connectivity index (χ0) is 24.6. The summed E-state index contributed by atoms with van der Waals surface area (Å²) in [5.74, 6) is 0. The zero-order valence-corrected chi connectivity index (χ0v) is 23.0. The standard InChI is InChI=1S/C25H54NO6P/c1-5-7-8-9-10-11-12-13-14-15-16-17-18-19-21-29-23-25(30-6-2)24-32-33(27,28)31-22-20-26(3)4/h25H,5-24H2,1-4H3,(H,27,28)/t25-/m1/s1. The highest BCUT2D eigenvalue weighted by molar-refractivity contribution is 7.47. The van der Waals surface area contributed by atoms with E-state index in [1.807, 2.05) is 25.9 Å². The SMILES string of the molecule is CCCCCCCCCCCCCCCCOC[C@H](COP(=O)(O)OCCN(C)C)OCC. The van der Waals surface area contributed by atoms with Crippen LogP contribution in [0.15, 0.2) is 0 Å². The van der Waals surface area contributed by atoms with E-state index in [4.69, 9.17) is 18.5 Å². The Morgan fingerprint density at radius 1 is 0.727 bits per heavy atom. The summed E-state index contributed by atoms with van der Waals surface area (Å²) >= 11 is 0. The van der Waals surface area contributed by atoms with Crippen LogP contribution in [0.25, 0.3) is 0 Å². The molecule has 0 aliphatic carbocycles. The maximum Gasteiger partial charge on any atom is 0.472 e. The third-order valence-electron chi connectivity index (χ3n) is 5.56. The first kappa shape index (κ1) is 33.0. The van der Waals surface area contributed by atoms with Gasteiger partial charge in [0.2, 0.25) is 0 Å². The summed E-state index contributed by atoms with van der Waals surface area (Å²) in [4.78, 5) is 11.6. The summed E-state index contributed by atoms with van der Waals surface area (Å²) in [7, 11) is -0.328. The van der Waals surface area contributed by atoms with Crippen molar-refractivity contribution in [2.24, 2.45) is 0 Å². The van der Waals surface area contributed by atoms with Gasteiger partial charge in [-0.15, -0.1) is 0 Å². The van der Waals surface area contributed by atoms with Crippen molar-refractivity contribution in [3.8, 4) is 0 Å². The minimum atomic E-state index is -4.06. The van der Waals surface area contributed by atoms with E-state index in [1.165, 1.54) is 83.5 Å². The highest BCUT2D eigenvalue weighted by atomic mass is 31.2. The first-order chi connectivity index (χ1) is 15.9. The number of phosphoric ester groups is 1. The Bertz CT molecular complexity index is 453. The smallest absolute Gasteiger partial charge is 0.379 e. The fraction of sp³-hybridized carbons (Fsp3) is 1.00. The van der Waals surface area contributed by atoms with Crippen molar-refractivity contribution in [2.75, 3.05) is 53.7 Å². The Balaban J connectivity index is 3.59. The van der Waals surface area contributed by atoms with Crippen LogP contribution in [0.4, 0.5) is 0 Å². The molecule has 33 heavy (non-hydrogen) atoms. The molecule has 0 aliphatic heterocycles. The third-order valence-corrected chi connectivity index (χ3v) is 6.55. The van der Waals surface area contributed by atoms with E-state index < -0.39 is 7.82 Å². The average Bonchev–Trinajstić information content (AvgIpc) is 2.76. The van der Waals surface area contributed by atoms with Gasteiger partial charge in [0.15, 0.2) is 0 Å². The molecule has 0 saturated heterocycles. The molecule has 1 N–H and O–H groups in total. The Kier molecular flexibility index (Phi) is 23.7. The molecule has 200 valence electrons. The van der Waals surface area contributed by atoms with E-state index in [1.54, 1.807) is 0 Å². The van der Waals surface area contributed by atoms with Crippen LogP contribution in [-0.4, -0.2) is 69.6 Å². The average molecular weight is 496 g/mol. The Morgan fingerprint density at radius 2 is 1.24 bits per heavy atom. The molecular formula is C25H54NO6P. The molecule has 1 unspecified atom stereocenters. The lowest BCUT2D eigenvalue weighted by atomic mass is 10.0. The lowest BCUT2D eigenvalue weighted by molar-refractivity contribution is -0.0393. The molecule has 7 nitrogen and oxygen atoms in total. The lowest BCUT2D eigenvalue weighted by Gasteiger charge is -2.19. The molecule has 0 radical (unpaired) electrons. The van der Waals surface area contributed by atoms with E-state index >= 15 is 0 Å². The Hall–Kier alpha value is -0.0100. The fourth-order valence-electron chi connectivity index (χ4n) is 3.55. The van der Waals surface area contributed by atoms with E-state index in [9.17, 15) is 9.46 Å². The maximum atomic E-state index is 11.9. The van der Waals surface area contributed by atoms with E-state index in [0.717, 1.165) is 6.42 Å². The van der Waals surface area contributed by atoms with Gasteiger partial charge in [-0.2, -0.15) is 0 Å². The molecule has 0 aliphatic rings. The summed E-state index contributed by atoms with van der Waals surface area (Å²) in [6, 6.07) is 0. The minimum absolute atomic E-state index is 0.0255. The van der Waals surface area contributed by atoms with Gasteiger partial charge >= 0.3 is 7.82 Å². The van der Waals surface area contributed by atoms with Crippen molar-refractivity contribution in [1.82, 2.24) is 4.90 Å². The summed E-state index contributed by atoms with van der Waals surface area (Å²) in [6.07, 6.45) is 18.3. The number of nitrogens with zero attached hydrogens (tertiary/aromatic N) is 1. The van der Waals surface area contributed by atoms with Crippen LogP contribution in [-0.2, 0) is 23.1 Å². The molecule has 0 aromatic rings. The zero-order valence-electron chi connectivity index (χ0n) is 22.1. The second kappa shape index (κ2) is 23.7. The molecule has 0 heterocycles. The quantitative estimate of drug-likeness (QED) is 0.107. The molecule has 0 aromatic carbocycles. The second-order valence-corrected chi connectivity index (χ2v) is 10.6. The number of phosphoric acid groups is 1. The van der Waals surface area contributed by atoms with Crippen LogP contribution in [0.2, 0.25) is 0 Å². The second-order valence-electron chi connectivity index (χ2n) is 9.15. The number of unbranched alkanes of at least 4 members (excludes halogenated alkanes) is 13. The van der Waals surface area contributed by atoms with Gasteiger partial charge < -0.3 is 19.3 Å².